The van der Waals surface area contributed by atoms with E-state index in [4.69, 9.17) is 4.98 Å². The van der Waals surface area contributed by atoms with E-state index < -0.39 is 0 Å². The molecule has 5 aromatic heterocycles. The van der Waals surface area contributed by atoms with Crippen LogP contribution >= 0.6 is 0 Å². The number of H-pyrrole nitrogens is 2. The zero-order valence-electron chi connectivity index (χ0n) is 21.9. The van der Waals surface area contributed by atoms with Crippen LogP contribution in [-0.4, -0.2) is 30.1 Å². The maximum absolute atomic E-state index is 13.5. The summed E-state index contributed by atoms with van der Waals surface area (Å²) in [7, 11) is 0. The van der Waals surface area contributed by atoms with E-state index in [1.54, 1.807) is 24.5 Å². The van der Waals surface area contributed by atoms with Crippen molar-refractivity contribution in [1.29, 1.82) is 0 Å². The summed E-state index contributed by atoms with van der Waals surface area (Å²) in [5.74, 6) is 0.240. The largest absolute Gasteiger partial charge is 0.358 e. The lowest BCUT2D eigenvalue weighted by molar-refractivity contribution is 0.405. The SMILES string of the molecule is C=C(Nc1cncc(-c2ccc3[nH]nc(-c4cc5c(-c6ccc(F)cc6)cncc5[nH]4)c3n2)c1)C1CCCCC1. The number of nitrogens with one attached hydrogen (secondary N) is 3. The Morgan fingerprint density at radius 1 is 0.875 bits per heavy atom. The molecule has 0 bridgehead atoms. The number of rotatable bonds is 6. The molecule has 0 atom stereocenters. The van der Waals surface area contributed by atoms with Crippen molar-refractivity contribution in [2.24, 2.45) is 5.92 Å². The van der Waals surface area contributed by atoms with Gasteiger partial charge in [0.1, 0.15) is 17.0 Å². The van der Waals surface area contributed by atoms with E-state index in [9.17, 15) is 4.39 Å². The maximum atomic E-state index is 13.5. The number of hydrogen-bond acceptors (Lipinski definition) is 5. The number of hydrogen-bond donors (Lipinski definition) is 3. The summed E-state index contributed by atoms with van der Waals surface area (Å²) >= 11 is 0. The van der Waals surface area contributed by atoms with E-state index in [-0.39, 0.29) is 5.82 Å². The van der Waals surface area contributed by atoms with Gasteiger partial charge in [-0.1, -0.05) is 38.0 Å². The van der Waals surface area contributed by atoms with Crippen molar-refractivity contribution in [3.05, 3.63) is 91.4 Å². The summed E-state index contributed by atoms with van der Waals surface area (Å²) in [4.78, 5) is 17.3. The first kappa shape index (κ1) is 24.2. The number of aromatic nitrogens is 6. The average molecular weight is 530 g/mol. The third kappa shape index (κ3) is 4.51. The minimum Gasteiger partial charge on any atom is -0.358 e. The molecule has 0 radical (unpaired) electrons. The van der Waals surface area contributed by atoms with Gasteiger partial charge in [0.05, 0.1) is 40.5 Å². The van der Waals surface area contributed by atoms with E-state index in [1.807, 2.05) is 30.6 Å². The van der Waals surface area contributed by atoms with Crippen molar-refractivity contribution in [2.45, 2.75) is 32.1 Å². The number of aromatic amines is 2. The highest BCUT2D eigenvalue weighted by Crippen LogP contribution is 2.34. The van der Waals surface area contributed by atoms with Gasteiger partial charge in [-0.15, -0.1) is 0 Å². The first-order chi connectivity index (χ1) is 19.6. The molecule has 0 spiro atoms. The van der Waals surface area contributed by atoms with Crippen LogP contribution in [0.1, 0.15) is 32.1 Å². The molecule has 8 heteroatoms. The molecular weight excluding hydrogens is 501 g/mol. The summed E-state index contributed by atoms with van der Waals surface area (Å²) in [6.45, 7) is 4.31. The first-order valence-electron chi connectivity index (χ1n) is 13.6. The van der Waals surface area contributed by atoms with E-state index in [2.05, 4.69) is 43.1 Å². The van der Waals surface area contributed by atoms with Gasteiger partial charge in [-0.2, -0.15) is 5.10 Å². The Morgan fingerprint density at radius 2 is 1.70 bits per heavy atom. The van der Waals surface area contributed by atoms with Gasteiger partial charge in [0.2, 0.25) is 0 Å². The lowest BCUT2D eigenvalue weighted by Crippen LogP contribution is -2.14. The van der Waals surface area contributed by atoms with Crippen molar-refractivity contribution in [3.8, 4) is 33.8 Å². The fourth-order valence-electron chi connectivity index (χ4n) is 5.67. The molecule has 1 aromatic carbocycles. The molecule has 6 aromatic rings. The topological polar surface area (TPSA) is 95.2 Å². The number of anilines is 1. The Kier molecular flexibility index (Phi) is 6.07. The van der Waals surface area contributed by atoms with Gasteiger partial charge in [-0.05, 0) is 60.7 Å². The van der Waals surface area contributed by atoms with Crippen LogP contribution in [0.4, 0.5) is 10.1 Å². The molecule has 198 valence electrons. The lowest BCUT2D eigenvalue weighted by atomic mass is 9.87. The highest BCUT2D eigenvalue weighted by molar-refractivity contribution is 6.00. The molecule has 1 aliphatic rings. The molecular formula is C32H28FN7. The van der Waals surface area contributed by atoms with Crippen molar-refractivity contribution >= 4 is 27.6 Å². The molecule has 0 aliphatic heterocycles. The van der Waals surface area contributed by atoms with Gasteiger partial charge in [-0.3, -0.25) is 15.1 Å². The third-order valence-corrected chi connectivity index (χ3v) is 7.80. The smallest absolute Gasteiger partial charge is 0.135 e. The van der Waals surface area contributed by atoms with E-state index in [0.29, 0.717) is 11.6 Å². The summed E-state index contributed by atoms with van der Waals surface area (Å²) in [6, 6.07) is 14.5. The highest BCUT2D eigenvalue weighted by Gasteiger charge is 2.18. The second-order valence-corrected chi connectivity index (χ2v) is 10.5. The molecule has 1 aliphatic carbocycles. The molecule has 1 fully saturated rings. The van der Waals surface area contributed by atoms with Crippen molar-refractivity contribution < 1.29 is 4.39 Å². The zero-order valence-corrected chi connectivity index (χ0v) is 21.9. The second kappa shape index (κ2) is 10.0. The Labute approximate surface area is 230 Å². The van der Waals surface area contributed by atoms with E-state index in [1.165, 1.54) is 44.2 Å². The van der Waals surface area contributed by atoms with Gasteiger partial charge >= 0.3 is 0 Å². The van der Waals surface area contributed by atoms with Crippen LogP contribution in [0.5, 0.6) is 0 Å². The van der Waals surface area contributed by atoms with Crippen molar-refractivity contribution in [3.63, 3.8) is 0 Å². The molecule has 0 amide bonds. The molecule has 3 N–H and O–H groups in total. The van der Waals surface area contributed by atoms with Crippen molar-refractivity contribution in [2.75, 3.05) is 5.32 Å². The predicted molar refractivity (Wildman–Crippen MR) is 157 cm³/mol. The Balaban J connectivity index is 1.22. The highest BCUT2D eigenvalue weighted by atomic mass is 19.1. The quantitative estimate of drug-likeness (QED) is 0.204. The molecule has 1 saturated carbocycles. The fourth-order valence-corrected chi connectivity index (χ4v) is 5.67. The molecule has 7 rings (SSSR count). The summed E-state index contributed by atoms with van der Waals surface area (Å²) in [6.07, 6.45) is 13.5. The van der Waals surface area contributed by atoms with Gasteiger partial charge in [0, 0.05) is 34.6 Å². The van der Waals surface area contributed by atoms with Crippen LogP contribution in [0.3, 0.4) is 0 Å². The van der Waals surface area contributed by atoms with Crippen LogP contribution in [0.2, 0.25) is 0 Å². The summed E-state index contributed by atoms with van der Waals surface area (Å²) in [5, 5.41) is 12.2. The standard InChI is InChI=1S/C32H28FN7/c1-19(20-5-3-2-4-6-20)36-24-13-22(15-34-16-24)27-11-12-28-31(38-27)32(40-39-28)29-14-25-26(17-35-18-30(25)37-29)21-7-9-23(33)10-8-21/h7-18,20,36-37H,1-6H2,(H,39,40). The maximum Gasteiger partial charge on any atom is 0.135 e. The van der Waals surface area contributed by atoms with Crippen LogP contribution < -0.4 is 5.32 Å². The fraction of sp³-hybridized carbons (Fsp3) is 0.188. The minimum absolute atomic E-state index is 0.269. The monoisotopic (exact) mass is 529 g/mol. The molecule has 0 saturated heterocycles. The molecule has 40 heavy (non-hydrogen) atoms. The van der Waals surface area contributed by atoms with Crippen LogP contribution in [-0.2, 0) is 0 Å². The Morgan fingerprint density at radius 3 is 2.55 bits per heavy atom. The lowest BCUT2D eigenvalue weighted by Gasteiger charge is -2.24. The molecule has 0 unspecified atom stereocenters. The Bertz CT molecular complexity index is 1850. The number of fused-ring (bicyclic) bond motifs is 2. The third-order valence-electron chi connectivity index (χ3n) is 7.80. The number of allylic oxidation sites excluding steroid dienone is 1. The minimum atomic E-state index is -0.269. The summed E-state index contributed by atoms with van der Waals surface area (Å²) < 4.78 is 13.5. The van der Waals surface area contributed by atoms with E-state index >= 15 is 0 Å². The molecule has 5 heterocycles. The van der Waals surface area contributed by atoms with E-state index in [0.717, 1.165) is 61.4 Å². The van der Waals surface area contributed by atoms with Gasteiger partial charge < -0.3 is 10.3 Å². The van der Waals surface area contributed by atoms with Gasteiger partial charge in [0.25, 0.3) is 0 Å². The first-order valence-corrected chi connectivity index (χ1v) is 13.6. The number of halogens is 1. The number of benzene rings is 1. The second-order valence-electron chi connectivity index (χ2n) is 10.5. The molecule has 7 nitrogen and oxygen atoms in total. The van der Waals surface area contributed by atoms with Crippen LogP contribution in [0.25, 0.3) is 55.7 Å². The van der Waals surface area contributed by atoms with Crippen molar-refractivity contribution in [1.82, 2.24) is 30.1 Å². The van der Waals surface area contributed by atoms with Gasteiger partial charge in [0.15, 0.2) is 0 Å². The normalized spacial score (nSPS) is 14.1. The number of pyridine rings is 3. The van der Waals surface area contributed by atoms with Crippen LogP contribution in [0, 0.1) is 11.7 Å². The predicted octanol–water partition coefficient (Wildman–Crippen LogP) is 7.88. The zero-order chi connectivity index (χ0) is 27.1. The Hall–Kier alpha value is -4.85. The van der Waals surface area contributed by atoms with Crippen LogP contribution in [0.15, 0.2) is 85.6 Å². The average Bonchev–Trinajstić information content (AvgIpc) is 3.62. The van der Waals surface area contributed by atoms with Gasteiger partial charge in [-0.25, -0.2) is 9.37 Å². The number of nitrogens with zero attached hydrogens (tertiary/aromatic N) is 4. The summed E-state index contributed by atoms with van der Waals surface area (Å²) in [5.41, 5.74) is 9.49.